The van der Waals surface area contributed by atoms with Gasteiger partial charge in [-0.2, -0.15) is 12.1 Å². The molecule has 0 saturated heterocycles. The van der Waals surface area contributed by atoms with Gasteiger partial charge in [0.15, 0.2) is 0 Å². The van der Waals surface area contributed by atoms with Gasteiger partial charge in [0.05, 0.1) is 0 Å². The van der Waals surface area contributed by atoms with Gasteiger partial charge < -0.3 is 18.8 Å². The summed E-state index contributed by atoms with van der Waals surface area (Å²) in [5, 5.41) is 8.97. The number of ether oxygens (including phenoxy) is 1. The molecule has 74 heavy (non-hydrogen) atoms. The molecule has 1 aliphatic rings. The smallest absolute Gasteiger partial charge is 0.135 e. The number of nitrogens with zero attached hydrogens (tertiary/aromatic N) is 4. The number of hydrogen-bond acceptors (Lipinski definition) is 3. The fraction of sp³-hybridized carbons (Fsp3) is 0.118. The number of rotatable bonds is 8. The fourth-order valence-corrected chi connectivity index (χ4v) is 10.9. The summed E-state index contributed by atoms with van der Waals surface area (Å²) < 4.78 is 29.0. The fourth-order valence-electron chi connectivity index (χ4n) is 10.9. The largest absolute Gasteiger partial charge is 0.509 e. The van der Waals surface area contributed by atoms with E-state index >= 15 is 0 Å². The minimum atomic E-state index is -1.54. The predicted octanol–water partition coefficient (Wildman–Crippen LogP) is 18.1. The first kappa shape index (κ1) is 44.6. The average Bonchev–Trinajstić information content (AvgIpc) is 4.14. The molecular weight excluding hydrogens is 1080 g/mol. The molecule has 3 aromatic heterocycles. The standard InChI is InChI=1S/C68H53N4O.Pt/c1-44(2)36-45-34-35-69-65(37-45)72-62-30-14-13-26-58(62)59-33-32-52(42-64(59)72)73-51-21-15-20-50(41-51)70-43-71-66-53(48-38-47(46-18-7-6-8-19-46)39-49(40-48)68(3,4)5)27-16-28-60(66)56-24-11-9-22-54(56)55-23-10-12-25-57(55)61-29-17-31-63(70)67(61)71;/h6-35,37-40,43-44H,36H2,1-5H3;/q-3;/i36D2;. The molecule has 0 spiro atoms. The Balaban J connectivity index is 0.00000582. The van der Waals surface area contributed by atoms with E-state index in [9.17, 15) is 0 Å². The number of hydrogen-bond donors (Lipinski definition) is 0. The molecular formula is C68H53N4OPt-3. The number of para-hydroxylation sites is 3. The molecule has 0 amide bonds. The number of aromatic nitrogens is 3. The molecule has 4 heterocycles. The van der Waals surface area contributed by atoms with Gasteiger partial charge in [0.1, 0.15) is 5.82 Å². The summed E-state index contributed by atoms with van der Waals surface area (Å²) >= 11 is 0. The molecule has 1 aliphatic heterocycles. The molecule has 0 bridgehead atoms. The van der Waals surface area contributed by atoms with Crippen LogP contribution in [0.3, 0.4) is 0 Å². The summed E-state index contributed by atoms with van der Waals surface area (Å²) in [5.74, 6) is 1.45. The van der Waals surface area contributed by atoms with Crippen molar-refractivity contribution in [1.29, 1.82) is 0 Å². The SMILES string of the molecule is [2H]C([2H])(c1ccnc(-n2c3[c-]c(Oc4[c-]c(N5[CH-]n6c7c(-c8cc(-c9ccccc9)cc(C(C)(C)C)c8)cccc7c7ccccc7c7ccccc7c7cccc5c76)ccc4)ccc3c3ccccc32)c1)C(C)C.[Pt]. The van der Waals surface area contributed by atoms with Gasteiger partial charge in [-0.3, -0.25) is 0 Å². The normalized spacial score (nSPS) is 12.9. The maximum atomic E-state index is 8.90. The summed E-state index contributed by atoms with van der Waals surface area (Å²) in [5.41, 5.74) is 12.1. The van der Waals surface area contributed by atoms with Gasteiger partial charge in [-0.25, -0.2) is 4.98 Å². The van der Waals surface area contributed by atoms with Crippen molar-refractivity contribution in [2.24, 2.45) is 5.92 Å². The molecule has 0 atom stereocenters. The Kier molecular flexibility index (Phi) is 11.3. The quantitative estimate of drug-likeness (QED) is 0.142. The predicted molar refractivity (Wildman–Crippen MR) is 305 cm³/mol. The van der Waals surface area contributed by atoms with Crippen molar-refractivity contribution in [3.05, 3.63) is 236 Å². The second-order valence-corrected chi connectivity index (χ2v) is 20.4. The van der Waals surface area contributed by atoms with Crippen molar-refractivity contribution in [3.8, 4) is 39.6 Å². The second-order valence-electron chi connectivity index (χ2n) is 20.4. The number of anilines is 2. The Labute approximate surface area is 449 Å². The van der Waals surface area contributed by atoms with Crippen LogP contribution in [-0.2, 0) is 32.9 Å². The van der Waals surface area contributed by atoms with E-state index in [4.69, 9.17) is 12.5 Å². The van der Waals surface area contributed by atoms with Gasteiger partial charge in [0, 0.05) is 52.7 Å². The van der Waals surface area contributed by atoms with Crippen LogP contribution in [-0.4, -0.2) is 14.1 Å². The van der Waals surface area contributed by atoms with Gasteiger partial charge in [-0.05, 0) is 137 Å². The summed E-state index contributed by atoms with van der Waals surface area (Å²) in [4.78, 5) is 7.03. The van der Waals surface area contributed by atoms with Crippen LogP contribution in [0.15, 0.2) is 206 Å². The Morgan fingerprint density at radius 3 is 1.92 bits per heavy atom. The Morgan fingerprint density at radius 1 is 0.568 bits per heavy atom. The first-order valence-corrected chi connectivity index (χ1v) is 25.1. The van der Waals surface area contributed by atoms with Crippen LogP contribution in [0.25, 0.3) is 93.2 Å². The van der Waals surface area contributed by atoms with Crippen LogP contribution in [0.1, 0.15) is 48.5 Å². The van der Waals surface area contributed by atoms with Gasteiger partial charge in [-0.1, -0.05) is 185 Å². The Morgan fingerprint density at radius 2 is 1.19 bits per heavy atom. The van der Waals surface area contributed by atoms with Crippen LogP contribution < -0.4 is 9.64 Å². The molecule has 0 saturated carbocycles. The molecule has 6 heteroatoms. The van der Waals surface area contributed by atoms with E-state index < -0.39 is 6.37 Å². The van der Waals surface area contributed by atoms with Gasteiger partial charge >= 0.3 is 0 Å². The van der Waals surface area contributed by atoms with Crippen molar-refractivity contribution in [2.75, 3.05) is 4.90 Å². The third-order valence-corrected chi connectivity index (χ3v) is 14.2. The zero-order valence-electron chi connectivity index (χ0n) is 43.8. The summed E-state index contributed by atoms with van der Waals surface area (Å²) in [6, 6.07) is 78.0. The summed E-state index contributed by atoms with van der Waals surface area (Å²) in [6.07, 6.45) is 0.155. The number of pyridine rings is 1. The third-order valence-electron chi connectivity index (χ3n) is 14.2. The molecule has 9 aromatic carbocycles. The van der Waals surface area contributed by atoms with Gasteiger partial charge in [0.2, 0.25) is 0 Å². The van der Waals surface area contributed by atoms with Gasteiger partial charge in [0.25, 0.3) is 0 Å². The first-order valence-electron chi connectivity index (χ1n) is 26.1. The molecule has 0 unspecified atom stereocenters. The molecule has 0 radical (unpaired) electrons. The van der Waals surface area contributed by atoms with Crippen molar-refractivity contribution in [2.45, 2.75) is 46.4 Å². The van der Waals surface area contributed by atoms with E-state index in [1.165, 1.54) is 27.5 Å². The van der Waals surface area contributed by atoms with Gasteiger partial charge in [-0.15, -0.1) is 35.7 Å². The Hall–Kier alpha value is -8.11. The average molecular weight is 1140 g/mol. The molecule has 0 aliphatic carbocycles. The number of fused-ring (bicyclic) bond motifs is 10. The van der Waals surface area contributed by atoms with Crippen LogP contribution in [0.4, 0.5) is 11.4 Å². The monoisotopic (exact) mass is 1140 g/mol. The van der Waals surface area contributed by atoms with Crippen molar-refractivity contribution in [3.63, 3.8) is 0 Å². The van der Waals surface area contributed by atoms with E-state index in [-0.39, 0.29) is 32.4 Å². The van der Waals surface area contributed by atoms with E-state index in [1.807, 2.05) is 50.2 Å². The van der Waals surface area contributed by atoms with E-state index in [0.29, 0.717) is 22.9 Å². The van der Waals surface area contributed by atoms with Crippen molar-refractivity contribution in [1.82, 2.24) is 14.1 Å². The van der Waals surface area contributed by atoms with E-state index in [2.05, 4.69) is 211 Å². The zero-order valence-corrected chi connectivity index (χ0v) is 44.1. The minimum Gasteiger partial charge on any atom is -0.509 e. The minimum absolute atomic E-state index is 0. The topological polar surface area (TPSA) is 35.2 Å². The molecule has 0 fully saturated rings. The molecule has 12 aromatic rings. The maximum absolute atomic E-state index is 8.90. The van der Waals surface area contributed by atoms with Crippen molar-refractivity contribution < 1.29 is 28.5 Å². The second kappa shape index (κ2) is 18.7. The third kappa shape index (κ3) is 8.17. The summed E-state index contributed by atoms with van der Waals surface area (Å²) in [7, 11) is 0. The summed E-state index contributed by atoms with van der Waals surface area (Å²) in [6.45, 7) is 12.9. The van der Waals surface area contributed by atoms with Crippen LogP contribution in [0.2, 0.25) is 0 Å². The van der Waals surface area contributed by atoms with Crippen molar-refractivity contribution >= 4 is 76.5 Å². The maximum Gasteiger partial charge on any atom is 0.135 e. The molecule has 0 N–H and O–H groups in total. The van der Waals surface area contributed by atoms with E-state index in [1.54, 1.807) is 12.3 Å². The molecule has 364 valence electrons. The van der Waals surface area contributed by atoms with Crippen LogP contribution >= 0.6 is 0 Å². The first-order chi connectivity index (χ1) is 36.4. The Bertz CT molecular complexity index is 4320. The molecule has 13 rings (SSSR count). The zero-order chi connectivity index (χ0) is 51.2. The molecule has 5 nitrogen and oxygen atoms in total. The van der Waals surface area contributed by atoms with E-state index in [0.717, 1.165) is 76.9 Å². The van der Waals surface area contributed by atoms with Crippen LogP contribution in [0.5, 0.6) is 11.5 Å². The number of benzene rings is 9. The van der Waals surface area contributed by atoms with Crippen LogP contribution in [0, 0.1) is 24.7 Å².